The molecule has 3 rings (SSSR count). The highest BCUT2D eigenvalue weighted by atomic mass is 16.5. The first kappa shape index (κ1) is 22.2. The van der Waals surface area contributed by atoms with Crippen LogP contribution in [0.1, 0.15) is 123 Å². The van der Waals surface area contributed by atoms with Crippen molar-refractivity contribution in [3.63, 3.8) is 0 Å². The van der Waals surface area contributed by atoms with Crippen LogP contribution in [-0.4, -0.2) is 12.1 Å². The van der Waals surface area contributed by atoms with Crippen LogP contribution in [0.2, 0.25) is 0 Å². The molecule has 0 saturated heterocycles. The van der Waals surface area contributed by atoms with Crippen molar-refractivity contribution >= 4 is 5.97 Å². The predicted octanol–water partition coefficient (Wildman–Crippen LogP) is 7.69. The molecule has 3 aliphatic carbocycles. The molecule has 0 radical (unpaired) electrons. The quantitative estimate of drug-likeness (QED) is 0.397. The Bertz CT molecular complexity index is 435. The molecule has 0 aliphatic heterocycles. The summed E-state index contributed by atoms with van der Waals surface area (Å²) < 4.78 is 5.56. The van der Waals surface area contributed by atoms with Crippen molar-refractivity contribution in [2.75, 3.05) is 0 Å². The van der Waals surface area contributed by atoms with E-state index >= 15 is 0 Å². The number of esters is 1. The van der Waals surface area contributed by atoms with Gasteiger partial charge < -0.3 is 4.74 Å². The van der Waals surface area contributed by atoms with E-state index in [9.17, 15) is 4.79 Å². The molecule has 0 amide bonds. The predicted molar refractivity (Wildman–Crippen MR) is 117 cm³/mol. The summed E-state index contributed by atoms with van der Waals surface area (Å²) in [7, 11) is 0. The van der Waals surface area contributed by atoms with Gasteiger partial charge in [0.05, 0.1) is 0 Å². The van der Waals surface area contributed by atoms with Crippen LogP contribution in [0.25, 0.3) is 0 Å². The van der Waals surface area contributed by atoms with Crippen LogP contribution in [0.4, 0.5) is 0 Å². The lowest BCUT2D eigenvalue weighted by Gasteiger charge is -2.38. The van der Waals surface area contributed by atoms with Gasteiger partial charge in [0.2, 0.25) is 0 Å². The van der Waals surface area contributed by atoms with Gasteiger partial charge in [0, 0.05) is 6.42 Å². The minimum Gasteiger partial charge on any atom is -0.462 e. The van der Waals surface area contributed by atoms with Crippen molar-refractivity contribution < 1.29 is 9.53 Å². The van der Waals surface area contributed by atoms with Gasteiger partial charge in [-0.15, -0.1) is 0 Å². The summed E-state index contributed by atoms with van der Waals surface area (Å²) in [6.07, 6.45) is 23.4. The minimum absolute atomic E-state index is 0.0113. The third-order valence-corrected chi connectivity index (χ3v) is 8.51. The topological polar surface area (TPSA) is 26.3 Å². The Kier molecular flexibility index (Phi) is 9.18. The normalized spacial score (nSPS) is 36.8. The van der Waals surface area contributed by atoms with Crippen LogP contribution in [-0.2, 0) is 9.53 Å². The zero-order valence-corrected chi connectivity index (χ0v) is 18.8. The highest BCUT2D eigenvalue weighted by molar-refractivity contribution is 5.69. The summed E-state index contributed by atoms with van der Waals surface area (Å²) in [6, 6.07) is 0. The Morgan fingerprint density at radius 3 is 1.54 bits per heavy atom. The molecule has 0 bridgehead atoms. The highest BCUT2D eigenvalue weighted by Crippen LogP contribution is 2.42. The molecular formula is C26H46O2. The Balaban J connectivity index is 1.27. The van der Waals surface area contributed by atoms with Crippen LogP contribution in [0.3, 0.4) is 0 Å². The first-order chi connectivity index (χ1) is 13.7. The van der Waals surface area contributed by atoms with Crippen molar-refractivity contribution in [2.45, 2.75) is 129 Å². The van der Waals surface area contributed by atoms with Gasteiger partial charge in [-0.3, -0.25) is 4.79 Å². The molecule has 0 N–H and O–H groups in total. The molecule has 0 aromatic carbocycles. The summed E-state index contributed by atoms with van der Waals surface area (Å²) in [5, 5.41) is 0. The molecule has 3 fully saturated rings. The van der Waals surface area contributed by atoms with Crippen molar-refractivity contribution in [1.29, 1.82) is 0 Å². The number of carbonyl (C=O) groups is 1. The van der Waals surface area contributed by atoms with Crippen LogP contribution in [0, 0.1) is 29.6 Å². The highest BCUT2D eigenvalue weighted by Gasteiger charge is 2.32. The fourth-order valence-electron chi connectivity index (χ4n) is 6.58. The number of ether oxygens (including phenoxy) is 1. The van der Waals surface area contributed by atoms with E-state index in [4.69, 9.17) is 4.74 Å². The SMILES string of the molecule is CCC[C@H]1CC[C@H](CC[C@H]2CC[C@H]([C@H]3CC[C@H](OC(=O)CC)CC3)CC2)CC1. The standard InChI is InChI=1S/C26H46O2/c1-3-5-20-6-8-21(9-7-20)10-11-22-12-14-23(15-13-22)24-16-18-25(19-17-24)28-26(27)4-2/h20-25H,3-19H2,1-2H3/t20-,21-,22-,23-,24-,25-. The molecule has 3 saturated carbocycles. The monoisotopic (exact) mass is 390 g/mol. The maximum Gasteiger partial charge on any atom is 0.305 e. The molecule has 2 nitrogen and oxygen atoms in total. The van der Waals surface area contributed by atoms with Gasteiger partial charge in [-0.2, -0.15) is 0 Å². The number of hydrogen-bond donors (Lipinski definition) is 0. The first-order valence-electron chi connectivity index (χ1n) is 12.9. The maximum atomic E-state index is 11.5. The van der Waals surface area contributed by atoms with Crippen molar-refractivity contribution in [3.05, 3.63) is 0 Å². The smallest absolute Gasteiger partial charge is 0.305 e. The van der Waals surface area contributed by atoms with Crippen LogP contribution in [0.15, 0.2) is 0 Å². The lowest BCUT2D eigenvalue weighted by Crippen LogP contribution is -2.29. The molecule has 0 heterocycles. The van der Waals surface area contributed by atoms with E-state index in [-0.39, 0.29) is 12.1 Å². The summed E-state index contributed by atoms with van der Waals surface area (Å²) in [4.78, 5) is 11.5. The second-order valence-electron chi connectivity index (χ2n) is 10.4. The van der Waals surface area contributed by atoms with E-state index in [1.165, 1.54) is 89.9 Å². The van der Waals surface area contributed by atoms with Crippen molar-refractivity contribution in [2.24, 2.45) is 29.6 Å². The van der Waals surface area contributed by atoms with E-state index in [0.717, 1.165) is 42.4 Å². The molecule has 0 spiro atoms. The lowest BCUT2D eigenvalue weighted by atomic mass is 9.69. The molecule has 0 unspecified atom stereocenters. The van der Waals surface area contributed by atoms with Gasteiger partial charge in [0.1, 0.15) is 6.10 Å². The second kappa shape index (κ2) is 11.6. The van der Waals surface area contributed by atoms with Crippen LogP contribution >= 0.6 is 0 Å². The molecule has 0 atom stereocenters. The third kappa shape index (κ3) is 6.77. The summed E-state index contributed by atoms with van der Waals surface area (Å²) in [6.45, 7) is 4.24. The third-order valence-electron chi connectivity index (χ3n) is 8.51. The van der Waals surface area contributed by atoms with E-state index < -0.39 is 0 Å². The van der Waals surface area contributed by atoms with E-state index in [1.807, 2.05) is 6.92 Å². The Labute approximate surface area is 174 Å². The number of carbonyl (C=O) groups excluding carboxylic acids is 1. The maximum absolute atomic E-state index is 11.5. The molecule has 2 heteroatoms. The number of hydrogen-bond acceptors (Lipinski definition) is 2. The Morgan fingerprint density at radius 2 is 1.07 bits per heavy atom. The summed E-state index contributed by atoms with van der Waals surface area (Å²) in [5.41, 5.74) is 0. The average molecular weight is 391 g/mol. The van der Waals surface area contributed by atoms with Gasteiger partial charge in [-0.1, -0.05) is 78.1 Å². The van der Waals surface area contributed by atoms with Gasteiger partial charge >= 0.3 is 5.97 Å². The Morgan fingerprint density at radius 1 is 0.643 bits per heavy atom. The summed E-state index contributed by atoms with van der Waals surface area (Å²) in [5.74, 6) is 4.98. The Hall–Kier alpha value is -0.530. The molecule has 3 aliphatic rings. The molecule has 0 aromatic rings. The fourth-order valence-corrected chi connectivity index (χ4v) is 6.58. The second-order valence-corrected chi connectivity index (χ2v) is 10.4. The first-order valence-corrected chi connectivity index (χ1v) is 12.9. The van der Waals surface area contributed by atoms with Gasteiger partial charge in [0.25, 0.3) is 0 Å². The van der Waals surface area contributed by atoms with Crippen molar-refractivity contribution in [1.82, 2.24) is 0 Å². The van der Waals surface area contributed by atoms with Gasteiger partial charge in [-0.05, 0) is 68.1 Å². The fraction of sp³-hybridized carbons (Fsp3) is 0.962. The molecule has 0 aromatic heterocycles. The van der Waals surface area contributed by atoms with Crippen LogP contribution < -0.4 is 0 Å². The van der Waals surface area contributed by atoms with Gasteiger partial charge in [-0.25, -0.2) is 0 Å². The van der Waals surface area contributed by atoms with E-state index in [0.29, 0.717) is 6.42 Å². The van der Waals surface area contributed by atoms with E-state index in [1.54, 1.807) is 0 Å². The molecular weight excluding hydrogens is 344 g/mol. The largest absolute Gasteiger partial charge is 0.462 e. The average Bonchev–Trinajstić information content (AvgIpc) is 2.74. The van der Waals surface area contributed by atoms with E-state index in [2.05, 4.69) is 6.92 Å². The minimum atomic E-state index is -0.0113. The van der Waals surface area contributed by atoms with Crippen LogP contribution in [0.5, 0.6) is 0 Å². The zero-order chi connectivity index (χ0) is 19.8. The number of rotatable bonds is 8. The molecule has 162 valence electrons. The zero-order valence-electron chi connectivity index (χ0n) is 18.8. The molecule has 28 heavy (non-hydrogen) atoms. The van der Waals surface area contributed by atoms with Crippen molar-refractivity contribution in [3.8, 4) is 0 Å². The lowest BCUT2D eigenvalue weighted by molar-refractivity contribution is -0.150. The summed E-state index contributed by atoms with van der Waals surface area (Å²) >= 11 is 0. The van der Waals surface area contributed by atoms with Gasteiger partial charge in [0.15, 0.2) is 0 Å².